The van der Waals surface area contributed by atoms with Crippen LogP contribution in [0.4, 0.5) is 18.0 Å². The van der Waals surface area contributed by atoms with E-state index in [0.29, 0.717) is 5.56 Å². The van der Waals surface area contributed by atoms with Gasteiger partial charge in [-0.2, -0.15) is 13.2 Å². The summed E-state index contributed by atoms with van der Waals surface area (Å²) in [5.41, 5.74) is -1.64. The molecule has 0 unspecified atom stereocenters. The second kappa shape index (κ2) is 7.51. The number of ketones is 1. The summed E-state index contributed by atoms with van der Waals surface area (Å²) < 4.78 is 41.6. The number of hydrogen-bond donors (Lipinski definition) is 3. The maximum absolute atomic E-state index is 13.9. The van der Waals surface area contributed by atoms with E-state index < -0.39 is 35.7 Å². The van der Waals surface area contributed by atoms with E-state index in [1.807, 2.05) is 6.92 Å². The van der Waals surface area contributed by atoms with Crippen LogP contribution in [0.5, 0.6) is 0 Å². The van der Waals surface area contributed by atoms with Crippen molar-refractivity contribution in [1.29, 1.82) is 0 Å². The zero-order valence-electron chi connectivity index (χ0n) is 15.9. The fourth-order valence-electron chi connectivity index (χ4n) is 3.47. The molecule has 5 nitrogen and oxygen atoms in total. The first-order chi connectivity index (χ1) is 13.6. The summed E-state index contributed by atoms with van der Waals surface area (Å²) in [5.74, 6) is -2.95. The lowest BCUT2D eigenvalue weighted by Gasteiger charge is -2.45. The summed E-state index contributed by atoms with van der Waals surface area (Å²) in [6.45, 7) is 3.70. The van der Waals surface area contributed by atoms with Crippen molar-refractivity contribution in [1.82, 2.24) is 10.6 Å². The van der Waals surface area contributed by atoms with Crippen LogP contribution in [-0.2, 0) is 6.42 Å². The van der Waals surface area contributed by atoms with Crippen LogP contribution in [0.1, 0.15) is 40.0 Å². The van der Waals surface area contributed by atoms with Crippen molar-refractivity contribution in [3.05, 3.63) is 70.8 Å². The number of benzene rings is 2. The Balaban J connectivity index is 2.13. The fourth-order valence-corrected chi connectivity index (χ4v) is 3.47. The van der Waals surface area contributed by atoms with Gasteiger partial charge in [-0.25, -0.2) is 4.79 Å². The maximum atomic E-state index is 13.9. The number of urea groups is 1. The number of nitrogens with one attached hydrogen (secondary N) is 2. The largest absolute Gasteiger partial charge is 0.437 e. The van der Waals surface area contributed by atoms with E-state index in [9.17, 15) is 27.9 Å². The summed E-state index contributed by atoms with van der Waals surface area (Å²) in [6, 6.07) is 9.97. The number of hydrogen-bond acceptors (Lipinski definition) is 3. The quantitative estimate of drug-likeness (QED) is 0.678. The van der Waals surface area contributed by atoms with Gasteiger partial charge in [-0.3, -0.25) is 4.79 Å². The fraction of sp³-hybridized carbons (Fsp3) is 0.333. The van der Waals surface area contributed by atoms with Gasteiger partial charge in [-0.1, -0.05) is 61.0 Å². The summed E-state index contributed by atoms with van der Waals surface area (Å²) in [6.07, 6.45) is -4.55. The molecule has 0 aromatic heterocycles. The first-order valence-corrected chi connectivity index (χ1v) is 9.14. The second-order valence-electron chi connectivity index (χ2n) is 7.14. The summed E-state index contributed by atoms with van der Waals surface area (Å²) in [7, 11) is 0. The Morgan fingerprint density at radius 2 is 1.69 bits per heavy atom. The molecule has 3 rings (SSSR count). The van der Waals surface area contributed by atoms with Crippen LogP contribution in [0.2, 0.25) is 0 Å². The molecule has 1 fully saturated rings. The SMILES string of the molecule is CCc1ccc([C@@H]2NC(=O)N[C@@](O)(C(F)(F)F)[C@@H]2C(=O)c2ccc(C)cc2)cc1. The van der Waals surface area contributed by atoms with Gasteiger partial charge in [0, 0.05) is 5.56 Å². The number of Topliss-reactive ketones (excluding diaryl/α,β-unsaturated/α-hetero) is 1. The van der Waals surface area contributed by atoms with Gasteiger partial charge in [-0.05, 0) is 24.5 Å². The van der Waals surface area contributed by atoms with Crippen LogP contribution in [0.15, 0.2) is 48.5 Å². The van der Waals surface area contributed by atoms with E-state index >= 15 is 0 Å². The average Bonchev–Trinajstić information content (AvgIpc) is 2.67. The zero-order valence-corrected chi connectivity index (χ0v) is 15.9. The third-order valence-electron chi connectivity index (χ3n) is 5.17. The minimum atomic E-state index is -5.27. The number of aliphatic hydroxyl groups is 1. The second-order valence-corrected chi connectivity index (χ2v) is 7.14. The molecule has 1 heterocycles. The molecule has 2 amide bonds. The predicted molar refractivity (Wildman–Crippen MR) is 100 cm³/mol. The van der Waals surface area contributed by atoms with E-state index in [4.69, 9.17) is 0 Å². The van der Waals surface area contributed by atoms with E-state index in [1.54, 1.807) is 43.3 Å². The van der Waals surface area contributed by atoms with Crippen molar-refractivity contribution in [3.8, 4) is 0 Å². The third kappa shape index (κ3) is 3.85. The van der Waals surface area contributed by atoms with Gasteiger partial charge in [0.2, 0.25) is 5.72 Å². The van der Waals surface area contributed by atoms with Crippen LogP contribution >= 0.6 is 0 Å². The highest BCUT2D eigenvalue weighted by Gasteiger charge is 2.66. The monoisotopic (exact) mass is 406 g/mol. The molecule has 8 heteroatoms. The van der Waals surface area contributed by atoms with Crippen molar-refractivity contribution in [3.63, 3.8) is 0 Å². The first kappa shape index (κ1) is 20.9. The Labute approximate surface area is 165 Å². The Bertz CT molecular complexity index is 910. The van der Waals surface area contributed by atoms with E-state index in [-0.39, 0.29) is 5.56 Å². The highest BCUT2D eigenvalue weighted by atomic mass is 19.4. The molecule has 0 spiro atoms. The van der Waals surface area contributed by atoms with Gasteiger partial charge >= 0.3 is 12.2 Å². The van der Waals surface area contributed by atoms with Crippen molar-refractivity contribution in [2.45, 2.75) is 38.2 Å². The third-order valence-corrected chi connectivity index (χ3v) is 5.17. The summed E-state index contributed by atoms with van der Waals surface area (Å²) in [4.78, 5) is 25.1. The van der Waals surface area contributed by atoms with Gasteiger partial charge in [0.25, 0.3) is 0 Å². The number of amides is 2. The van der Waals surface area contributed by atoms with Gasteiger partial charge in [0.05, 0.1) is 6.04 Å². The molecule has 29 heavy (non-hydrogen) atoms. The molecule has 3 atom stereocenters. The average molecular weight is 406 g/mol. The van der Waals surface area contributed by atoms with Crippen LogP contribution in [0, 0.1) is 12.8 Å². The molecular weight excluding hydrogens is 385 g/mol. The molecule has 1 aliphatic heterocycles. The molecule has 2 aromatic rings. The number of carbonyl (C=O) groups excluding carboxylic acids is 2. The first-order valence-electron chi connectivity index (χ1n) is 9.14. The topological polar surface area (TPSA) is 78.4 Å². The molecule has 154 valence electrons. The van der Waals surface area contributed by atoms with Crippen LogP contribution in [-0.4, -0.2) is 28.8 Å². The Morgan fingerprint density at radius 1 is 1.10 bits per heavy atom. The number of aryl methyl sites for hydroxylation is 2. The normalized spacial score (nSPS) is 24.6. The van der Waals surface area contributed by atoms with Gasteiger partial charge in [0.15, 0.2) is 5.78 Å². The Kier molecular flexibility index (Phi) is 5.40. The Hall–Kier alpha value is -2.87. The zero-order chi connectivity index (χ0) is 21.4. The Morgan fingerprint density at radius 3 is 2.21 bits per heavy atom. The van der Waals surface area contributed by atoms with Crippen LogP contribution < -0.4 is 10.6 Å². The lowest BCUT2D eigenvalue weighted by molar-refractivity contribution is -0.287. The minimum absolute atomic E-state index is 0.0106. The molecule has 1 saturated heterocycles. The smallest absolute Gasteiger partial charge is 0.363 e. The number of alkyl halides is 3. The molecule has 2 aromatic carbocycles. The highest BCUT2D eigenvalue weighted by Crippen LogP contribution is 2.44. The number of rotatable bonds is 4. The van der Waals surface area contributed by atoms with Gasteiger partial charge in [-0.15, -0.1) is 0 Å². The summed E-state index contributed by atoms with van der Waals surface area (Å²) >= 11 is 0. The molecular formula is C21H21F3N2O3. The summed E-state index contributed by atoms with van der Waals surface area (Å²) in [5, 5.41) is 14.4. The lowest BCUT2D eigenvalue weighted by atomic mass is 9.77. The molecule has 0 radical (unpaired) electrons. The van der Waals surface area contributed by atoms with Crippen molar-refractivity contribution in [2.24, 2.45) is 5.92 Å². The maximum Gasteiger partial charge on any atom is 0.437 e. The molecule has 3 N–H and O–H groups in total. The predicted octanol–water partition coefficient (Wildman–Crippen LogP) is 3.66. The standard InChI is InChI=1S/C21H21F3N2O3/c1-3-13-6-10-14(11-7-13)17-16(18(27)15-8-4-12(2)5-9-15)20(29,21(22,23)24)26-19(28)25-17/h4-11,16-17,29H,3H2,1-2H3,(H2,25,26,28)/t16-,17-,20-/m0/s1. The van der Waals surface area contributed by atoms with E-state index in [1.165, 1.54) is 17.4 Å². The van der Waals surface area contributed by atoms with Crippen molar-refractivity contribution < 1.29 is 27.9 Å². The van der Waals surface area contributed by atoms with Gasteiger partial charge < -0.3 is 15.7 Å². The van der Waals surface area contributed by atoms with Gasteiger partial charge in [0.1, 0.15) is 5.92 Å². The number of carbonyl (C=O) groups is 2. The molecule has 1 aliphatic rings. The lowest BCUT2D eigenvalue weighted by Crippen LogP contribution is -2.72. The molecule has 0 saturated carbocycles. The molecule has 0 aliphatic carbocycles. The van der Waals surface area contributed by atoms with E-state index in [2.05, 4.69) is 5.32 Å². The number of halogens is 3. The van der Waals surface area contributed by atoms with E-state index in [0.717, 1.165) is 17.5 Å². The van der Waals surface area contributed by atoms with Crippen LogP contribution in [0.3, 0.4) is 0 Å². The highest BCUT2D eigenvalue weighted by molar-refractivity contribution is 6.00. The van der Waals surface area contributed by atoms with Crippen molar-refractivity contribution >= 4 is 11.8 Å². The van der Waals surface area contributed by atoms with Crippen LogP contribution in [0.25, 0.3) is 0 Å². The molecule has 0 bridgehead atoms. The van der Waals surface area contributed by atoms with Crippen molar-refractivity contribution in [2.75, 3.05) is 0 Å². The minimum Gasteiger partial charge on any atom is -0.363 e.